The molecule has 1 unspecified atom stereocenters. The molecule has 9 heteroatoms. The van der Waals surface area contributed by atoms with E-state index >= 15 is 0 Å². The Morgan fingerprint density at radius 1 is 1.32 bits per heavy atom. The first-order valence-electron chi connectivity index (χ1n) is 8.68. The van der Waals surface area contributed by atoms with Crippen molar-refractivity contribution >= 4 is 6.03 Å². The van der Waals surface area contributed by atoms with Crippen LogP contribution in [0.5, 0.6) is 0 Å². The van der Waals surface area contributed by atoms with Gasteiger partial charge in [0, 0.05) is 13.0 Å². The topological polar surface area (TPSA) is 111 Å². The lowest BCUT2D eigenvalue weighted by Gasteiger charge is -2.27. The van der Waals surface area contributed by atoms with Gasteiger partial charge in [-0.1, -0.05) is 31.8 Å². The summed E-state index contributed by atoms with van der Waals surface area (Å²) < 4.78 is 7.13. The summed E-state index contributed by atoms with van der Waals surface area (Å²) in [6, 6.07) is -0.532. The van der Waals surface area contributed by atoms with E-state index in [0.717, 1.165) is 25.7 Å². The molecule has 0 spiro atoms. The molecule has 0 aromatic carbocycles. The minimum atomic E-state index is -0.569. The number of hydrogen-bond acceptors (Lipinski definition) is 6. The first-order chi connectivity index (χ1) is 11.9. The Bertz CT molecular complexity index is 730. The molecule has 1 atom stereocenters. The van der Waals surface area contributed by atoms with Crippen LogP contribution >= 0.6 is 0 Å². The van der Waals surface area contributed by atoms with Crippen LogP contribution in [0.4, 0.5) is 4.79 Å². The highest BCUT2D eigenvalue weighted by Gasteiger charge is 2.41. The third-order valence-corrected chi connectivity index (χ3v) is 4.65. The quantitative estimate of drug-likeness (QED) is 0.857. The van der Waals surface area contributed by atoms with Gasteiger partial charge in [0.25, 0.3) is 0 Å². The number of carbonyl (C=O) groups is 1. The van der Waals surface area contributed by atoms with E-state index in [1.807, 2.05) is 27.8 Å². The third-order valence-electron chi connectivity index (χ3n) is 4.65. The van der Waals surface area contributed by atoms with Crippen LogP contribution < -0.4 is 10.6 Å². The van der Waals surface area contributed by atoms with Crippen LogP contribution in [-0.2, 0) is 12.6 Å². The van der Waals surface area contributed by atoms with Crippen molar-refractivity contribution in [3.05, 3.63) is 23.9 Å². The maximum atomic E-state index is 12.6. The zero-order valence-electron chi connectivity index (χ0n) is 15.1. The number of rotatable bonds is 5. The van der Waals surface area contributed by atoms with Crippen molar-refractivity contribution in [2.45, 2.75) is 64.0 Å². The zero-order valence-corrected chi connectivity index (χ0v) is 15.1. The molecule has 2 aromatic heterocycles. The van der Waals surface area contributed by atoms with Crippen molar-refractivity contribution in [3.63, 3.8) is 0 Å². The van der Waals surface area contributed by atoms with Crippen LogP contribution in [0.25, 0.3) is 0 Å². The summed E-state index contributed by atoms with van der Waals surface area (Å²) in [7, 11) is 1.84. The Hall–Kier alpha value is -2.45. The van der Waals surface area contributed by atoms with Crippen LogP contribution in [0, 0.1) is 0 Å². The predicted octanol–water partition coefficient (Wildman–Crippen LogP) is 2.15. The molecule has 3 rings (SSSR count). The number of hydrogen-bond donors (Lipinski definition) is 2. The summed E-state index contributed by atoms with van der Waals surface area (Å²) in [5, 5.41) is 18.0. The fourth-order valence-corrected chi connectivity index (χ4v) is 3.25. The van der Waals surface area contributed by atoms with Gasteiger partial charge in [0.05, 0.1) is 6.04 Å². The Kier molecular flexibility index (Phi) is 4.73. The average Bonchev–Trinajstić information content (AvgIpc) is 3.26. The van der Waals surface area contributed by atoms with Crippen LogP contribution in [0.15, 0.2) is 10.9 Å². The van der Waals surface area contributed by atoms with E-state index in [4.69, 9.17) is 4.52 Å². The maximum absolute atomic E-state index is 12.6. The molecule has 2 aromatic rings. The van der Waals surface area contributed by atoms with E-state index in [1.165, 1.54) is 0 Å². The smallest absolute Gasteiger partial charge is 0.316 e. The molecule has 9 nitrogen and oxygen atoms in total. The van der Waals surface area contributed by atoms with Crippen molar-refractivity contribution in [1.82, 2.24) is 35.5 Å². The molecule has 2 N–H and O–H groups in total. The highest BCUT2D eigenvalue weighted by molar-refractivity contribution is 5.75. The normalized spacial score (nSPS) is 17.6. The van der Waals surface area contributed by atoms with Gasteiger partial charge in [0.15, 0.2) is 11.6 Å². The minimum absolute atomic E-state index is 0.157. The van der Waals surface area contributed by atoms with E-state index in [1.54, 1.807) is 10.9 Å². The molecule has 1 aliphatic carbocycles. The molecule has 0 saturated heterocycles. The molecule has 2 heterocycles. The molecule has 0 bridgehead atoms. The van der Waals surface area contributed by atoms with E-state index in [9.17, 15) is 4.79 Å². The Balaban J connectivity index is 1.73. The molecular formula is C16H25N7O2. The predicted molar refractivity (Wildman–Crippen MR) is 89.6 cm³/mol. The van der Waals surface area contributed by atoms with Gasteiger partial charge >= 0.3 is 6.03 Å². The average molecular weight is 347 g/mol. The van der Waals surface area contributed by atoms with E-state index in [0.29, 0.717) is 17.5 Å². The first-order valence-corrected chi connectivity index (χ1v) is 8.68. The highest BCUT2D eigenvalue weighted by Crippen LogP contribution is 2.37. The van der Waals surface area contributed by atoms with Crippen LogP contribution in [0.1, 0.15) is 76.0 Å². The lowest BCUT2D eigenvalue weighted by atomic mass is 9.97. The molecule has 1 aliphatic rings. The molecule has 1 fully saturated rings. The molecule has 0 radical (unpaired) electrons. The highest BCUT2D eigenvalue weighted by atomic mass is 16.5. The second-order valence-corrected chi connectivity index (χ2v) is 7.02. The van der Waals surface area contributed by atoms with Crippen molar-refractivity contribution in [3.8, 4) is 0 Å². The van der Waals surface area contributed by atoms with Crippen molar-refractivity contribution in [2.75, 3.05) is 0 Å². The minimum Gasteiger partial charge on any atom is -0.339 e. The maximum Gasteiger partial charge on any atom is 0.316 e. The monoisotopic (exact) mass is 347 g/mol. The second-order valence-electron chi connectivity index (χ2n) is 7.02. The summed E-state index contributed by atoms with van der Waals surface area (Å²) in [6.07, 6.45) is 5.25. The van der Waals surface area contributed by atoms with E-state index in [-0.39, 0.29) is 18.0 Å². The van der Waals surface area contributed by atoms with Gasteiger partial charge in [-0.15, -0.1) is 10.2 Å². The standard InChI is InChI=1S/C16H25N7O2/c1-10(2)13-19-14(22-25-13)16(7-5-6-8-16)20-15(24)18-11(3)12-21-17-9-23(12)4/h9-11H,5-8H2,1-4H3,(H2,18,20,24). The Morgan fingerprint density at radius 2 is 2.04 bits per heavy atom. The van der Waals surface area contributed by atoms with Gasteiger partial charge in [-0.2, -0.15) is 4.98 Å². The number of carbonyl (C=O) groups excluding carboxylic acids is 1. The Morgan fingerprint density at radius 3 is 2.60 bits per heavy atom. The summed E-state index contributed by atoms with van der Waals surface area (Å²) >= 11 is 0. The number of aryl methyl sites for hydroxylation is 1. The van der Waals surface area contributed by atoms with E-state index < -0.39 is 5.54 Å². The van der Waals surface area contributed by atoms with E-state index in [2.05, 4.69) is 31.0 Å². The van der Waals surface area contributed by atoms with Gasteiger partial charge in [0.1, 0.15) is 11.9 Å². The van der Waals surface area contributed by atoms with Crippen molar-refractivity contribution in [1.29, 1.82) is 0 Å². The van der Waals surface area contributed by atoms with Crippen molar-refractivity contribution in [2.24, 2.45) is 7.05 Å². The summed E-state index contributed by atoms with van der Waals surface area (Å²) in [4.78, 5) is 17.1. The van der Waals surface area contributed by atoms with Crippen molar-refractivity contribution < 1.29 is 9.32 Å². The molecule has 136 valence electrons. The summed E-state index contributed by atoms with van der Waals surface area (Å²) in [5.41, 5.74) is -0.569. The molecule has 25 heavy (non-hydrogen) atoms. The number of nitrogens with one attached hydrogen (secondary N) is 2. The fourth-order valence-electron chi connectivity index (χ4n) is 3.25. The van der Waals surface area contributed by atoms with Gasteiger partial charge in [-0.3, -0.25) is 0 Å². The third kappa shape index (κ3) is 3.49. The lowest BCUT2D eigenvalue weighted by molar-refractivity contribution is 0.217. The SMILES string of the molecule is CC(C)c1nc(C2(NC(=O)NC(C)c3nncn3C)CCCC2)no1. The summed E-state index contributed by atoms with van der Waals surface area (Å²) in [6.45, 7) is 5.87. The number of amides is 2. The fraction of sp³-hybridized carbons (Fsp3) is 0.688. The number of aromatic nitrogens is 5. The molecule has 2 amide bonds. The summed E-state index contributed by atoms with van der Waals surface area (Å²) in [5.74, 6) is 2.01. The van der Waals surface area contributed by atoms with Gasteiger partial charge < -0.3 is 19.7 Å². The van der Waals surface area contributed by atoms with Crippen LogP contribution in [0.3, 0.4) is 0 Å². The lowest BCUT2D eigenvalue weighted by Crippen LogP contribution is -2.49. The number of nitrogens with zero attached hydrogens (tertiary/aromatic N) is 5. The number of urea groups is 1. The Labute approximate surface area is 146 Å². The van der Waals surface area contributed by atoms with Gasteiger partial charge in [-0.25, -0.2) is 4.79 Å². The molecule has 1 saturated carbocycles. The largest absolute Gasteiger partial charge is 0.339 e. The molecular weight excluding hydrogens is 322 g/mol. The molecule has 0 aliphatic heterocycles. The van der Waals surface area contributed by atoms with Gasteiger partial charge in [-0.05, 0) is 19.8 Å². The van der Waals surface area contributed by atoms with Crippen LogP contribution in [0.2, 0.25) is 0 Å². The zero-order chi connectivity index (χ0) is 18.0. The second kappa shape index (κ2) is 6.81. The van der Waals surface area contributed by atoms with Gasteiger partial charge in [0.2, 0.25) is 5.89 Å². The first kappa shape index (κ1) is 17.4. The van der Waals surface area contributed by atoms with Crippen LogP contribution in [-0.4, -0.2) is 30.9 Å².